The number of aliphatic carboxylic acids is 2. The molecule has 0 aliphatic carbocycles. The number of nitrogens with one attached hydrogen (secondary N) is 3. The van der Waals surface area contributed by atoms with E-state index in [1.165, 1.54) is 24.9 Å². The Bertz CT molecular complexity index is 1590. The normalized spacial score (nSPS) is 16.6. The Hall–Kier alpha value is -4.77. The molecule has 7 N–H and O–H groups in total. The number of imide groups is 1. The maximum absolute atomic E-state index is 13.6. The molecule has 298 valence electrons. The quantitative estimate of drug-likeness (QED) is 0.0804. The van der Waals surface area contributed by atoms with E-state index in [1.54, 1.807) is 20.8 Å². The van der Waals surface area contributed by atoms with Gasteiger partial charge in [0.2, 0.25) is 35.4 Å². The first-order valence-electron chi connectivity index (χ1n) is 17.6. The molecule has 0 bridgehead atoms. The SMILES string of the molecule is C/C(=C\CN(C)C(=O)C(NC(=O)[C@@H](N)C(C)(C)c1ccccc1)C(C)(C)C)C(=O)NC(CCC(=O)NCCN1C(=O)CC(SCCC(=O)O)C1=O)C(=O)O. The van der Waals surface area contributed by atoms with Gasteiger partial charge < -0.3 is 36.8 Å². The molecule has 54 heavy (non-hydrogen) atoms. The average Bonchev–Trinajstić information content (AvgIpc) is 3.37. The van der Waals surface area contributed by atoms with Crippen molar-refractivity contribution < 1.29 is 48.6 Å². The molecule has 0 spiro atoms. The molecule has 0 saturated carbocycles. The lowest BCUT2D eigenvalue weighted by Gasteiger charge is -2.36. The van der Waals surface area contributed by atoms with Crippen molar-refractivity contribution in [1.82, 2.24) is 25.8 Å². The second kappa shape index (κ2) is 20.1. The first kappa shape index (κ1) is 45.4. The van der Waals surface area contributed by atoms with Crippen LogP contribution in [0.25, 0.3) is 0 Å². The zero-order chi connectivity index (χ0) is 41.0. The number of benzene rings is 1. The van der Waals surface area contributed by atoms with Crippen LogP contribution >= 0.6 is 11.8 Å². The summed E-state index contributed by atoms with van der Waals surface area (Å²) in [4.78, 5) is 102. The molecule has 2 rings (SSSR count). The number of carboxylic acids is 2. The third kappa shape index (κ3) is 13.3. The zero-order valence-corrected chi connectivity index (χ0v) is 32.8. The Kier molecular flexibility index (Phi) is 16.9. The zero-order valence-electron chi connectivity index (χ0n) is 32.0. The number of hydrogen-bond acceptors (Lipinski definition) is 10. The van der Waals surface area contributed by atoms with Crippen molar-refractivity contribution in [2.45, 2.75) is 96.0 Å². The van der Waals surface area contributed by atoms with E-state index in [0.717, 1.165) is 22.2 Å². The molecule has 1 aliphatic rings. The number of hydrogen-bond donors (Lipinski definition) is 6. The Morgan fingerprint density at radius 2 is 1.65 bits per heavy atom. The van der Waals surface area contributed by atoms with Crippen LogP contribution in [0.5, 0.6) is 0 Å². The fraction of sp³-hybridized carbons (Fsp3) is 0.568. The largest absolute Gasteiger partial charge is 0.481 e. The van der Waals surface area contributed by atoms with Gasteiger partial charge in [-0.3, -0.25) is 38.5 Å². The van der Waals surface area contributed by atoms with Gasteiger partial charge >= 0.3 is 11.9 Å². The van der Waals surface area contributed by atoms with E-state index in [0.29, 0.717) is 0 Å². The number of likely N-dealkylation sites (tertiary alicyclic amines) is 1. The van der Waals surface area contributed by atoms with Gasteiger partial charge in [-0.2, -0.15) is 0 Å². The van der Waals surface area contributed by atoms with Crippen LogP contribution in [0.4, 0.5) is 0 Å². The van der Waals surface area contributed by atoms with Crippen molar-refractivity contribution in [2.24, 2.45) is 11.1 Å². The lowest BCUT2D eigenvalue weighted by Crippen LogP contribution is -2.60. The number of carboxylic acid groups (broad SMARTS) is 2. The summed E-state index contributed by atoms with van der Waals surface area (Å²) in [5.74, 6) is -5.28. The van der Waals surface area contributed by atoms with Crippen molar-refractivity contribution in [2.75, 3.05) is 32.4 Å². The number of amides is 6. The maximum atomic E-state index is 13.6. The van der Waals surface area contributed by atoms with Gasteiger partial charge in [-0.05, 0) is 24.3 Å². The van der Waals surface area contributed by atoms with Gasteiger partial charge in [-0.1, -0.05) is 71.0 Å². The van der Waals surface area contributed by atoms with E-state index in [2.05, 4.69) is 16.0 Å². The van der Waals surface area contributed by atoms with Gasteiger partial charge in [-0.25, -0.2) is 4.79 Å². The summed E-state index contributed by atoms with van der Waals surface area (Å²) in [6.07, 6.45) is 0.714. The highest BCUT2D eigenvalue weighted by atomic mass is 32.2. The van der Waals surface area contributed by atoms with Crippen LogP contribution in [0, 0.1) is 5.41 Å². The summed E-state index contributed by atoms with van der Waals surface area (Å²) in [5.41, 5.74) is 5.95. The Morgan fingerprint density at radius 1 is 1.02 bits per heavy atom. The van der Waals surface area contributed by atoms with E-state index in [9.17, 15) is 43.5 Å². The van der Waals surface area contributed by atoms with Crippen LogP contribution in [0.1, 0.15) is 72.8 Å². The van der Waals surface area contributed by atoms with Crippen LogP contribution in [0.3, 0.4) is 0 Å². The van der Waals surface area contributed by atoms with Crippen molar-refractivity contribution in [3.63, 3.8) is 0 Å². The predicted molar refractivity (Wildman–Crippen MR) is 202 cm³/mol. The average molecular weight is 775 g/mol. The molecule has 16 nitrogen and oxygen atoms in total. The van der Waals surface area contributed by atoms with Crippen molar-refractivity contribution in [1.29, 1.82) is 0 Å². The van der Waals surface area contributed by atoms with E-state index >= 15 is 0 Å². The van der Waals surface area contributed by atoms with Gasteiger partial charge in [0.1, 0.15) is 12.1 Å². The van der Waals surface area contributed by atoms with Gasteiger partial charge in [0.05, 0.1) is 17.7 Å². The Balaban J connectivity index is 1.91. The first-order valence-corrected chi connectivity index (χ1v) is 18.6. The van der Waals surface area contributed by atoms with E-state index in [4.69, 9.17) is 10.8 Å². The number of likely N-dealkylation sites (N-methyl/N-ethyl adjacent to an activating group) is 1. The third-order valence-electron chi connectivity index (χ3n) is 9.14. The molecule has 1 heterocycles. The molecule has 1 saturated heterocycles. The smallest absolute Gasteiger partial charge is 0.326 e. The van der Waals surface area contributed by atoms with Crippen LogP contribution in [0.15, 0.2) is 42.0 Å². The molecular weight excluding hydrogens is 721 g/mol. The summed E-state index contributed by atoms with van der Waals surface area (Å²) in [7, 11) is 1.51. The van der Waals surface area contributed by atoms with E-state index in [-0.39, 0.29) is 56.6 Å². The molecule has 6 amide bonds. The fourth-order valence-corrected chi connectivity index (χ4v) is 6.55. The maximum Gasteiger partial charge on any atom is 0.326 e. The summed E-state index contributed by atoms with van der Waals surface area (Å²) in [5, 5.41) is 25.5. The minimum atomic E-state index is -1.42. The summed E-state index contributed by atoms with van der Waals surface area (Å²) in [6, 6.07) is 6.00. The highest BCUT2D eigenvalue weighted by molar-refractivity contribution is 8.00. The number of rotatable bonds is 20. The van der Waals surface area contributed by atoms with E-state index < -0.39 is 81.6 Å². The molecule has 0 radical (unpaired) electrons. The fourth-order valence-electron chi connectivity index (χ4n) is 5.44. The molecule has 17 heteroatoms. The number of nitrogens with two attached hydrogens (primary N) is 1. The predicted octanol–water partition coefficient (Wildman–Crippen LogP) is 1.03. The van der Waals surface area contributed by atoms with Crippen molar-refractivity contribution >= 4 is 59.1 Å². The minimum Gasteiger partial charge on any atom is -0.481 e. The molecule has 1 aromatic rings. The molecule has 1 aliphatic heterocycles. The first-order chi connectivity index (χ1) is 25.1. The van der Waals surface area contributed by atoms with Crippen molar-refractivity contribution in [3.8, 4) is 0 Å². The number of thioether (sulfide) groups is 1. The molecule has 4 atom stereocenters. The summed E-state index contributed by atoms with van der Waals surface area (Å²) < 4.78 is 0. The third-order valence-corrected chi connectivity index (χ3v) is 10.4. The standard InChI is InChI=1S/C37H54N6O10S/c1-22(15-18-42(7)34(51)30(36(2,3)4)41-32(49)29(38)37(5,6)23-11-9-8-10-12-23)31(48)40-24(35(52)53)13-14-26(44)39-17-19-43-27(45)21-25(33(43)50)54-20-16-28(46)47/h8-12,15,24-25,29-30H,13-14,16-21,38H2,1-7H3,(H,39,44)(H,40,48)(H,41,49)(H,46,47)(H,52,53)/b22-15+/t24?,25?,29-,30?/m1/s1. The van der Waals surface area contributed by atoms with Gasteiger partial charge in [0.25, 0.3) is 0 Å². The van der Waals surface area contributed by atoms with Gasteiger partial charge in [0.15, 0.2) is 0 Å². The number of carbonyl (C=O) groups is 8. The monoisotopic (exact) mass is 774 g/mol. The molecule has 3 unspecified atom stereocenters. The second-order valence-corrected chi connectivity index (χ2v) is 16.1. The molecule has 1 fully saturated rings. The van der Waals surface area contributed by atoms with Crippen LogP contribution in [0.2, 0.25) is 0 Å². The van der Waals surface area contributed by atoms with Gasteiger partial charge in [-0.15, -0.1) is 11.8 Å². The van der Waals surface area contributed by atoms with E-state index in [1.807, 2.05) is 44.2 Å². The second-order valence-electron chi connectivity index (χ2n) is 14.8. The van der Waals surface area contributed by atoms with Crippen molar-refractivity contribution in [3.05, 3.63) is 47.5 Å². The summed E-state index contributed by atoms with van der Waals surface area (Å²) >= 11 is 1.09. The van der Waals surface area contributed by atoms with Crippen LogP contribution in [-0.4, -0.2) is 123 Å². The summed E-state index contributed by atoms with van der Waals surface area (Å²) in [6.45, 7) is 10.4. The molecular formula is C37H54N6O10S. The Labute approximate surface area is 320 Å². The lowest BCUT2D eigenvalue weighted by atomic mass is 9.77. The topological polar surface area (TPSA) is 246 Å². The van der Waals surface area contributed by atoms with Gasteiger partial charge in [0, 0.05) is 56.3 Å². The van der Waals surface area contributed by atoms with Crippen LogP contribution < -0.4 is 21.7 Å². The Morgan fingerprint density at radius 3 is 2.22 bits per heavy atom. The lowest BCUT2D eigenvalue weighted by molar-refractivity contribution is -0.142. The minimum absolute atomic E-state index is 0.0357. The highest BCUT2D eigenvalue weighted by Crippen LogP contribution is 2.28. The molecule has 0 aromatic heterocycles. The van der Waals surface area contributed by atoms with Crippen LogP contribution in [-0.2, 0) is 43.8 Å². The number of carbonyl (C=O) groups excluding carboxylic acids is 6. The molecule has 1 aromatic carbocycles. The number of nitrogens with zero attached hydrogens (tertiary/aromatic N) is 2. The highest BCUT2D eigenvalue weighted by Gasteiger charge is 2.40.